The molecule has 0 aliphatic heterocycles. The lowest BCUT2D eigenvalue weighted by atomic mass is 10.0. The Hall–Kier alpha value is -4.46. The van der Waals surface area contributed by atoms with Gasteiger partial charge in [0.05, 0.1) is 12.1 Å². The molecule has 8 nitrogen and oxygen atoms in total. The lowest BCUT2D eigenvalue weighted by molar-refractivity contribution is -0.128. The number of hydrogen-bond donors (Lipinski definition) is 3. The first-order valence-electron chi connectivity index (χ1n) is 12.0. The molecule has 3 N–H and O–H groups in total. The highest BCUT2D eigenvalue weighted by Gasteiger charge is 2.24. The van der Waals surface area contributed by atoms with Crippen LogP contribution in [0, 0.1) is 5.92 Å². The maximum absolute atomic E-state index is 13.3. The zero-order valence-corrected chi connectivity index (χ0v) is 20.2. The van der Waals surface area contributed by atoms with Gasteiger partial charge >= 0.3 is 0 Å². The molecule has 5 aromatic rings. The smallest absolute Gasteiger partial charge is 0.248 e. The maximum Gasteiger partial charge on any atom is 0.248 e. The van der Waals surface area contributed by atoms with Crippen LogP contribution in [-0.2, 0) is 22.6 Å². The molecule has 0 fully saturated rings. The minimum atomic E-state index is -0.744. The largest absolute Gasteiger partial charge is 0.361 e. The summed E-state index contributed by atoms with van der Waals surface area (Å²) in [4.78, 5) is 33.5. The molecule has 0 spiro atoms. The lowest BCUT2D eigenvalue weighted by Crippen LogP contribution is -2.46. The number of carbonyl (C=O) groups excluding carboxylic acids is 2. The number of aromatic amines is 1. The van der Waals surface area contributed by atoms with Crippen molar-refractivity contribution in [2.24, 2.45) is 5.92 Å². The number of pyridine rings is 1. The molecule has 0 radical (unpaired) electrons. The zero-order chi connectivity index (χ0) is 25.1. The van der Waals surface area contributed by atoms with Crippen LogP contribution in [-0.4, -0.2) is 37.6 Å². The standard InChI is InChI=1S/C28H28N6O2/c1-18(2)27(35)31-24(15-21-16-30-23-11-4-3-10-22(21)23)28(36)32-25-12-14-34(33-25)17-20-8-5-7-19-9-6-13-29-26(19)20/h3-14,16,18,24,30H,15,17H2,1-2H3,(H,31,35)(H,32,33,36). The molecule has 3 heterocycles. The summed E-state index contributed by atoms with van der Waals surface area (Å²) in [6.07, 6.45) is 5.84. The van der Waals surface area contributed by atoms with Crippen LogP contribution in [0.5, 0.6) is 0 Å². The quantitative estimate of drug-likeness (QED) is 0.308. The van der Waals surface area contributed by atoms with Gasteiger partial charge in [-0.2, -0.15) is 5.10 Å². The fourth-order valence-electron chi connectivity index (χ4n) is 4.27. The number of nitrogens with zero attached hydrogens (tertiary/aromatic N) is 3. The Balaban J connectivity index is 1.33. The molecule has 1 atom stereocenters. The maximum atomic E-state index is 13.3. The van der Waals surface area contributed by atoms with E-state index in [1.165, 1.54) is 0 Å². The normalized spacial score (nSPS) is 12.2. The summed E-state index contributed by atoms with van der Waals surface area (Å²) in [5.74, 6) is -0.303. The highest BCUT2D eigenvalue weighted by atomic mass is 16.2. The molecular weight excluding hydrogens is 452 g/mol. The van der Waals surface area contributed by atoms with Crippen LogP contribution in [0.3, 0.4) is 0 Å². The molecule has 8 heteroatoms. The molecule has 1 unspecified atom stereocenters. The molecule has 2 aromatic carbocycles. The van der Waals surface area contributed by atoms with Gasteiger partial charge in [-0.1, -0.05) is 56.3 Å². The van der Waals surface area contributed by atoms with Gasteiger partial charge in [0, 0.05) is 53.3 Å². The van der Waals surface area contributed by atoms with Gasteiger partial charge in [0.1, 0.15) is 6.04 Å². The van der Waals surface area contributed by atoms with Crippen molar-refractivity contribution >= 4 is 39.4 Å². The van der Waals surface area contributed by atoms with E-state index in [1.807, 2.05) is 67.0 Å². The SMILES string of the molecule is CC(C)C(=O)NC(Cc1c[nH]c2ccccc12)C(=O)Nc1ccn(Cc2cccc3cccnc23)n1. The summed E-state index contributed by atoms with van der Waals surface area (Å²) in [6, 6.07) is 18.9. The predicted molar refractivity (Wildman–Crippen MR) is 140 cm³/mol. The third kappa shape index (κ3) is 4.98. The molecular formula is C28H28N6O2. The number of para-hydroxylation sites is 2. The number of carbonyl (C=O) groups is 2. The van der Waals surface area contributed by atoms with E-state index in [4.69, 9.17) is 0 Å². The molecule has 0 aliphatic carbocycles. The third-order valence-electron chi connectivity index (χ3n) is 6.20. The molecule has 3 aromatic heterocycles. The van der Waals surface area contributed by atoms with Crippen molar-refractivity contribution in [2.45, 2.75) is 32.9 Å². The Morgan fingerprint density at radius 1 is 0.972 bits per heavy atom. The van der Waals surface area contributed by atoms with E-state index < -0.39 is 6.04 Å². The number of nitrogens with one attached hydrogen (secondary N) is 3. The Morgan fingerprint density at radius 3 is 2.67 bits per heavy atom. The molecule has 2 amide bonds. The third-order valence-corrected chi connectivity index (χ3v) is 6.20. The number of benzene rings is 2. The van der Waals surface area contributed by atoms with Gasteiger partial charge in [0.25, 0.3) is 0 Å². The van der Waals surface area contributed by atoms with Crippen LogP contribution < -0.4 is 10.6 Å². The van der Waals surface area contributed by atoms with Crippen molar-refractivity contribution in [1.29, 1.82) is 0 Å². The predicted octanol–water partition coefficient (Wildman–Crippen LogP) is 4.28. The average molecular weight is 481 g/mol. The minimum Gasteiger partial charge on any atom is -0.361 e. The van der Waals surface area contributed by atoms with Crippen LogP contribution in [0.15, 0.2) is 79.3 Å². The van der Waals surface area contributed by atoms with Crippen LogP contribution in [0.25, 0.3) is 21.8 Å². The van der Waals surface area contributed by atoms with Crippen molar-refractivity contribution in [3.63, 3.8) is 0 Å². The molecule has 0 aliphatic rings. The van der Waals surface area contributed by atoms with Crippen molar-refractivity contribution in [1.82, 2.24) is 25.1 Å². The Bertz CT molecular complexity index is 1530. The minimum absolute atomic E-state index is 0.177. The summed E-state index contributed by atoms with van der Waals surface area (Å²) in [5, 5.41) is 12.4. The number of H-pyrrole nitrogens is 1. The fourth-order valence-corrected chi connectivity index (χ4v) is 4.27. The van der Waals surface area contributed by atoms with Gasteiger partial charge < -0.3 is 15.6 Å². The van der Waals surface area contributed by atoms with E-state index in [1.54, 1.807) is 30.8 Å². The number of amides is 2. The van der Waals surface area contributed by atoms with E-state index in [9.17, 15) is 9.59 Å². The van der Waals surface area contributed by atoms with Gasteiger partial charge in [-0.3, -0.25) is 19.3 Å². The second kappa shape index (κ2) is 10.0. The summed E-state index contributed by atoms with van der Waals surface area (Å²) in [7, 11) is 0. The van der Waals surface area contributed by atoms with Crippen LogP contribution >= 0.6 is 0 Å². The number of fused-ring (bicyclic) bond motifs is 2. The van der Waals surface area contributed by atoms with Crippen LogP contribution in [0.2, 0.25) is 0 Å². The van der Waals surface area contributed by atoms with E-state index in [0.29, 0.717) is 18.8 Å². The van der Waals surface area contributed by atoms with E-state index in [2.05, 4.69) is 25.7 Å². The molecule has 0 bridgehead atoms. The van der Waals surface area contributed by atoms with Gasteiger partial charge in [0.15, 0.2) is 5.82 Å². The summed E-state index contributed by atoms with van der Waals surface area (Å²) in [6.45, 7) is 4.13. The van der Waals surface area contributed by atoms with Crippen molar-refractivity contribution in [3.8, 4) is 0 Å². The van der Waals surface area contributed by atoms with Gasteiger partial charge in [-0.25, -0.2) is 0 Å². The highest BCUT2D eigenvalue weighted by molar-refractivity contribution is 5.97. The van der Waals surface area contributed by atoms with E-state index in [-0.39, 0.29) is 17.7 Å². The molecule has 182 valence electrons. The highest BCUT2D eigenvalue weighted by Crippen LogP contribution is 2.20. The first-order valence-corrected chi connectivity index (χ1v) is 12.0. The van der Waals surface area contributed by atoms with E-state index in [0.717, 1.165) is 32.9 Å². The van der Waals surface area contributed by atoms with Gasteiger partial charge in [0.2, 0.25) is 11.8 Å². The number of rotatable bonds is 8. The molecule has 5 rings (SSSR count). The fraction of sp³-hybridized carbons (Fsp3) is 0.214. The number of hydrogen-bond acceptors (Lipinski definition) is 4. The number of anilines is 1. The van der Waals surface area contributed by atoms with Gasteiger partial charge in [-0.05, 0) is 23.3 Å². The lowest BCUT2D eigenvalue weighted by Gasteiger charge is -2.19. The number of aromatic nitrogens is 4. The Labute approximate surface area is 208 Å². The second-order valence-corrected chi connectivity index (χ2v) is 9.16. The average Bonchev–Trinajstić information content (AvgIpc) is 3.50. The van der Waals surface area contributed by atoms with E-state index >= 15 is 0 Å². The first kappa shape index (κ1) is 23.3. The van der Waals surface area contributed by atoms with Crippen molar-refractivity contribution in [2.75, 3.05) is 5.32 Å². The summed E-state index contributed by atoms with van der Waals surface area (Å²) >= 11 is 0. The molecule has 0 saturated heterocycles. The molecule has 36 heavy (non-hydrogen) atoms. The second-order valence-electron chi connectivity index (χ2n) is 9.16. The summed E-state index contributed by atoms with van der Waals surface area (Å²) in [5.41, 5.74) is 3.92. The zero-order valence-electron chi connectivity index (χ0n) is 20.2. The van der Waals surface area contributed by atoms with Crippen LogP contribution in [0.1, 0.15) is 25.0 Å². The molecule has 0 saturated carbocycles. The van der Waals surface area contributed by atoms with Crippen LogP contribution in [0.4, 0.5) is 5.82 Å². The van der Waals surface area contributed by atoms with Gasteiger partial charge in [-0.15, -0.1) is 0 Å². The summed E-state index contributed by atoms with van der Waals surface area (Å²) < 4.78 is 1.76. The van der Waals surface area contributed by atoms with Crippen molar-refractivity contribution < 1.29 is 9.59 Å². The topological polar surface area (TPSA) is 105 Å². The monoisotopic (exact) mass is 480 g/mol. The Morgan fingerprint density at radius 2 is 1.81 bits per heavy atom. The first-order chi connectivity index (χ1) is 17.5. The Kier molecular flexibility index (Phi) is 6.49. The van der Waals surface area contributed by atoms with Crippen molar-refractivity contribution in [3.05, 3.63) is 90.4 Å².